The Morgan fingerprint density at radius 3 is 2.36 bits per heavy atom. The molecule has 0 fully saturated rings. The van der Waals surface area contributed by atoms with Crippen molar-refractivity contribution < 1.29 is 19.1 Å². The maximum absolute atomic E-state index is 12.0. The minimum Gasteiger partial charge on any atom is -0.481 e. The number of aryl methyl sites for hydroxylation is 1. The number of hydrogen-bond acceptors (Lipinski definition) is 4. The van der Waals surface area contributed by atoms with E-state index in [1.807, 2.05) is 26.0 Å². The number of hydrogen-bond donors (Lipinski definition) is 3. The highest BCUT2D eigenvalue weighted by Gasteiger charge is 2.22. The third-order valence-electron chi connectivity index (χ3n) is 3.64. The highest BCUT2D eigenvalue weighted by Crippen LogP contribution is 2.21. The molecule has 138 valence electrons. The van der Waals surface area contributed by atoms with Crippen molar-refractivity contribution in [2.75, 3.05) is 6.54 Å². The lowest BCUT2D eigenvalue weighted by atomic mass is 9.96. The molecular formula is C18H27N3O4. The predicted molar refractivity (Wildman–Crippen MR) is 94.8 cm³/mol. The number of rotatable bonds is 5. The van der Waals surface area contributed by atoms with Gasteiger partial charge in [-0.15, -0.1) is 0 Å². The van der Waals surface area contributed by atoms with Gasteiger partial charge in [-0.2, -0.15) is 0 Å². The van der Waals surface area contributed by atoms with Crippen LogP contribution in [0.2, 0.25) is 0 Å². The van der Waals surface area contributed by atoms with Crippen molar-refractivity contribution in [2.24, 2.45) is 5.41 Å². The number of nitrogens with one attached hydrogen (secondary N) is 3. The standard InChI is InChI=1S/C18H27N3O4/c1-11-8-7-9-14(12(11)2)25-13(3)16(23)21-20-15(22)10-19-17(24)18(4,5)6/h7-9,13H,10H2,1-6H3,(H,19,24)(H,20,22)(H,21,23). The summed E-state index contributed by atoms with van der Waals surface area (Å²) in [6.45, 7) is 10.5. The predicted octanol–water partition coefficient (Wildman–Crippen LogP) is 1.38. The van der Waals surface area contributed by atoms with Crippen LogP contribution >= 0.6 is 0 Å². The summed E-state index contributed by atoms with van der Waals surface area (Å²) in [5.41, 5.74) is 5.96. The van der Waals surface area contributed by atoms with Crippen LogP contribution in [0.1, 0.15) is 38.8 Å². The number of ether oxygens (including phenoxy) is 1. The topological polar surface area (TPSA) is 96.5 Å². The molecule has 0 bridgehead atoms. The summed E-state index contributed by atoms with van der Waals surface area (Å²) in [4.78, 5) is 35.4. The lowest BCUT2D eigenvalue weighted by molar-refractivity contribution is -0.134. The number of benzene rings is 1. The average Bonchev–Trinajstić information content (AvgIpc) is 2.53. The van der Waals surface area contributed by atoms with Gasteiger partial charge >= 0.3 is 0 Å². The number of hydrazine groups is 1. The molecule has 0 aromatic heterocycles. The fourth-order valence-corrected chi connectivity index (χ4v) is 1.80. The van der Waals surface area contributed by atoms with Gasteiger partial charge in [0.25, 0.3) is 11.8 Å². The van der Waals surface area contributed by atoms with E-state index in [1.165, 1.54) is 0 Å². The van der Waals surface area contributed by atoms with E-state index in [0.29, 0.717) is 5.75 Å². The molecule has 1 rings (SSSR count). The zero-order valence-corrected chi connectivity index (χ0v) is 15.6. The molecule has 3 amide bonds. The molecule has 1 aromatic carbocycles. The molecule has 1 aromatic rings. The Balaban J connectivity index is 2.44. The zero-order valence-electron chi connectivity index (χ0n) is 15.6. The molecule has 7 nitrogen and oxygen atoms in total. The summed E-state index contributed by atoms with van der Waals surface area (Å²) in [5.74, 6) is -0.645. The van der Waals surface area contributed by atoms with Gasteiger partial charge in [-0.1, -0.05) is 32.9 Å². The molecule has 0 aliphatic carbocycles. The normalized spacial score (nSPS) is 12.1. The molecule has 7 heteroatoms. The number of amides is 3. The Hall–Kier alpha value is -2.57. The van der Waals surface area contributed by atoms with Gasteiger partial charge in [0, 0.05) is 5.41 Å². The van der Waals surface area contributed by atoms with E-state index in [-0.39, 0.29) is 12.5 Å². The van der Waals surface area contributed by atoms with Gasteiger partial charge in [0.1, 0.15) is 5.75 Å². The summed E-state index contributed by atoms with van der Waals surface area (Å²) in [6, 6.07) is 5.59. The van der Waals surface area contributed by atoms with Crippen LogP contribution in [-0.2, 0) is 14.4 Å². The van der Waals surface area contributed by atoms with Crippen LogP contribution < -0.4 is 20.9 Å². The minimum absolute atomic E-state index is 0.220. The molecule has 0 aliphatic rings. The van der Waals surface area contributed by atoms with Crippen LogP contribution in [0.4, 0.5) is 0 Å². The van der Waals surface area contributed by atoms with Crippen molar-refractivity contribution in [3.05, 3.63) is 29.3 Å². The van der Waals surface area contributed by atoms with Crippen molar-refractivity contribution in [1.29, 1.82) is 0 Å². The van der Waals surface area contributed by atoms with Crippen molar-refractivity contribution in [2.45, 2.75) is 47.6 Å². The van der Waals surface area contributed by atoms with Crippen LogP contribution in [0.3, 0.4) is 0 Å². The van der Waals surface area contributed by atoms with Gasteiger partial charge in [-0.05, 0) is 38.0 Å². The number of carbonyl (C=O) groups is 3. The largest absolute Gasteiger partial charge is 0.481 e. The van der Waals surface area contributed by atoms with Crippen molar-refractivity contribution >= 4 is 17.7 Å². The number of carbonyl (C=O) groups excluding carboxylic acids is 3. The molecular weight excluding hydrogens is 322 g/mol. The van der Waals surface area contributed by atoms with Gasteiger partial charge < -0.3 is 10.1 Å². The summed E-state index contributed by atoms with van der Waals surface area (Å²) < 4.78 is 5.63. The van der Waals surface area contributed by atoms with E-state index in [0.717, 1.165) is 11.1 Å². The molecule has 1 unspecified atom stereocenters. The van der Waals surface area contributed by atoms with Gasteiger partial charge in [0.15, 0.2) is 6.10 Å². The fourth-order valence-electron chi connectivity index (χ4n) is 1.80. The summed E-state index contributed by atoms with van der Waals surface area (Å²) in [6.07, 6.45) is -0.787. The minimum atomic E-state index is -0.787. The van der Waals surface area contributed by atoms with E-state index >= 15 is 0 Å². The first-order valence-electron chi connectivity index (χ1n) is 8.12. The molecule has 0 aliphatic heterocycles. The molecule has 25 heavy (non-hydrogen) atoms. The Kier molecular flexibility index (Phi) is 6.97. The van der Waals surface area contributed by atoms with Gasteiger partial charge in [-0.25, -0.2) is 0 Å². The van der Waals surface area contributed by atoms with E-state index < -0.39 is 23.3 Å². The molecule has 0 heterocycles. The van der Waals surface area contributed by atoms with Crippen LogP contribution in [0.5, 0.6) is 5.75 Å². The van der Waals surface area contributed by atoms with E-state index in [2.05, 4.69) is 16.2 Å². The molecule has 0 saturated heterocycles. The molecule has 0 radical (unpaired) electrons. The highest BCUT2D eigenvalue weighted by atomic mass is 16.5. The van der Waals surface area contributed by atoms with E-state index in [1.54, 1.807) is 33.8 Å². The van der Waals surface area contributed by atoms with Crippen molar-refractivity contribution in [3.8, 4) is 5.75 Å². The van der Waals surface area contributed by atoms with Crippen LogP contribution in [0.25, 0.3) is 0 Å². The average molecular weight is 349 g/mol. The van der Waals surface area contributed by atoms with Crippen LogP contribution in [0, 0.1) is 19.3 Å². The second kappa shape index (κ2) is 8.50. The summed E-state index contributed by atoms with van der Waals surface area (Å²) in [5, 5.41) is 2.50. The highest BCUT2D eigenvalue weighted by molar-refractivity contribution is 5.89. The molecule has 3 N–H and O–H groups in total. The second-order valence-electron chi connectivity index (χ2n) is 6.93. The van der Waals surface area contributed by atoms with Crippen molar-refractivity contribution in [3.63, 3.8) is 0 Å². The first kappa shape index (κ1) is 20.5. The van der Waals surface area contributed by atoms with E-state index in [9.17, 15) is 14.4 Å². The van der Waals surface area contributed by atoms with Crippen LogP contribution in [-0.4, -0.2) is 30.4 Å². The van der Waals surface area contributed by atoms with Gasteiger partial charge in [0.2, 0.25) is 5.91 Å². The monoisotopic (exact) mass is 349 g/mol. The fraction of sp³-hybridized carbons (Fsp3) is 0.500. The maximum atomic E-state index is 12.0. The Labute approximate surface area is 148 Å². The summed E-state index contributed by atoms with van der Waals surface area (Å²) in [7, 11) is 0. The lowest BCUT2D eigenvalue weighted by Crippen LogP contribution is -2.50. The quantitative estimate of drug-likeness (QED) is 0.700. The third-order valence-corrected chi connectivity index (χ3v) is 3.64. The Morgan fingerprint density at radius 2 is 1.76 bits per heavy atom. The van der Waals surface area contributed by atoms with Crippen LogP contribution in [0.15, 0.2) is 18.2 Å². The molecule has 1 atom stereocenters. The first-order chi connectivity index (χ1) is 11.5. The maximum Gasteiger partial charge on any atom is 0.279 e. The molecule has 0 saturated carbocycles. The Morgan fingerprint density at radius 1 is 1.12 bits per heavy atom. The van der Waals surface area contributed by atoms with Crippen molar-refractivity contribution in [1.82, 2.24) is 16.2 Å². The summed E-state index contributed by atoms with van der Waals surface area (Å²) >= 11 is 0. The molecule has 0 spiro atoms. The third kappa shape index (κ3) is 6.45. The van der Waals surface area contributed by atoms with E-state index in [4.69, 9.17) is 4.74 Å². The lowest BCUT2D eigenvalue weighted by Gasteiger charge is -2.18. The first-order valence-corrected chi connectivity index (χ1v) is 8.12. The smallest absolute Gasteiger partial charge is 0.279 e. The Bertz CT molecular complexity index is 650. The second-order valence-corrected chi connectivity index (χ2v) is 6.93. The van der Waals surface area contributed by atoms with Gasteiger partial charge in [0.05, 0.1) is 6.54 Å². The SMILES string of the molecule is Cc1cccc(OC(C)C(=O)NNC(=O)CNC(=O)C(C)(C)C)c1C. The van der Waals surface area contributed by atoms with Gasteiger partial charge in [-0.3, -0.25) is 25.2 Å². The zero-order chi connectivity index (χ0) is 19.2.